The number of nitrogens with two attached hydrogens (primary N) is 1. The van der Waals surface area contributed by atoms with Crippen LogP contribution in [0.2, 0.25) is 0 Å². The third-order valence-electron chi connectivity index (χ3n) is 3.79. The van der Waals surface area contributed by atoms with E-state index >= 15 is 0 Å². The summed E-state index contributed by atoms with van der Waals surface area (Å²) in [7, 11) is 1.61. The Kier molecular flexibility index (Phi) is 3.91. The Morgan fingerprint density at radius 1 is 1.29 bits per heavy atom. The lowest BCUT2D eigenvalue weighted by Gasteiger charge is -2.00. The van der Waals surface area contributed by atoms with Crippen molar-refractivity contribution < 1.29 is 9.66 Å². The predicted octanol–water partition coefficient (Wildman–Crippen LogP) is 3.31. The average Bonchev–Trinajstić information content (AvgIpc) is 2.89. The quantitative estimate of drug-likeness (QED) is 0.451. The van der Waals surface area contributed by atoms with Crippen LogP contribution in [0.15, 0.2) is 36.5 Å². The zero-order chi connectivity index (χ0) is 17.3. The van der Waals surface area contributed by atoms with E-state index < -0.39 is 4.92 Å². The highest BCUT2D eigenvalue weighted by atomic mass is 16.6. The van der Waals surface area contributed by atoms with Gasteiger partial charge < -0.3 is 14.9 Å². The maximum atomic E-state index is 11.0. The molecule has 0 amide bonds. The molecule has 122 valence electrons. The first kappa shape index (κ1) is 15.5. The van der Waals surface area contributed by atoms with E-state index in [0.29, 0.717) is 5.56 Å². The van der Waals surface area contributed by atoms with Crippen molar-refractivity contribution >= 4 is 29.2 Å². The van der Waals surface area contributed by atoms with Crippen LogP contribution in [-0.4, -0.2) is 21.4 Å². The summed E-state index contributed by atoms with van der Waals surface area (Å²) < 4.78 is 7.15. The number of nitrogens with zero attached hydrogens (tertiary/aromatic N) is 3. The van der Waals surface area contributed by atoms with Crippen LogP contribution in [0.3, 0.4) is 0 Å². The normalized spacial score (nSPS) is 11.2. The summed E-state index contributed by atoms with van der Waals surface area (Å²) >= 11 is 0. The minimum atomic E-state index is -0.491. The third-order valence-corrected chi connectivity index (χ3v) is 3.79. The molecule has 0 aliphatic heterocycles. The molecule has 0 radical (unpaired) electrons. The van der Waals surface area contributed by atoms with Crippen molar-refractivity contribution in [2.24, 2.45) is 0 Å². The van der Waals surface area contributed by atoms with Crippen molar-refractivity contribution in [3.05, 3.63) is 63.6 Å². The molecule has 2 aromatic heterocycles. The predicted molar refractivity (Wildman–Crippen MR) is 92.9 cm³/mol. The molecule has 0 aliphatic carbocycles. The lowest BCUT2D eigenvalue weighted by Crippen LogP contribution is -1.95. The summed E-state index contributed by atoms with van der Waals surface area (Å²) in [5, 5.41) is 11.0. The minimum absolute atomic E-state index is 0.103. The molecule has 0 bridgehead atoms. The topological polar surface area (TPSA) is 95.7 Å². The van der Waals surface area contributed by atoms with Crippen molar-refractivity contribution in [3.63, 3.8) is 0 Å². The van der Waals surface area contributed by atoms with E-state index in [2.05, 4.69) is 4.98 Å². The largest absolute Gasteiger partial charge is 0.497 e. The second-order valence-corrected chi connectivity index (χ2v) is 5.29. The van der Waals surface area contributed by atoms with E-state index in [9.17, 15) is 10.1 Å². The molecule has 0 fully saturated rings. The Balaban J connectivity index is 1.97. The second-order valence-electron chi connectivity index (χ2n) is 5.29. The number of aromatic nitrogens is 2. The first-order valence-electron chi connectivity index (χ1n) is 7.24. The highest BCUT2D eigenvalue weighted by molar-refractivity contribution is 5.74. The van der Waals surface area contributed by atoms with Crippen LogP contribution in [0, 0.1) is 17.0 Å². The van der Waals surface area contributed by atoms with Gasteiger partial charge in [-0.25, -0.2) is 4.98 Å². The molecule has 7 heteroatoms. The van der Waals surface area contributed by atoms with Gasteiger partial charge in [0.2, 0.25) is 0 Å². The Hall–Kier alpha value is -3.35. The van der Waals surface area contributed by atoms with Gasteiger partial charge >= 0.3 is 0 Å². The van der Waals surface area contributed by atoms with Crippen LogP contribution in [0.5, 0.6) is 5.75 Å². The molecule has 3 aromatic rings. The highest BCUT2D eigenvalue weighted by Gasteiger charge is 2.11. The number of nitrogen functional groups attached to an aromatic ring is 1. The van der Waals surface area contributed by atoms with Crippen LogP contribution >= 0.6 is 0 Å². The molecule has 24 heavy (non-hydrogen) atoms. The van der Waals surface area contributed by atoms with Gasteiger partial charge in [-0.3, -0.25) is 10.1 Å². The van der Waals surface area contributed by atoms with E-state index in [1.165, 1.54) is 12.1 Å². The van der Waals surface area contributed by atoms with Crippen molar-refractivity contribution in [2.75, 3.05) is 12.8 Å². The average molecular weight is 324 g/mol. The molecule has 0 unspecified atom stereocenters. The summed E-state index contributed by atoms with van der Waals surface area (Å²) in [6, 6.07) is 8.41. The molecule has 2 N–H and O–H groups in total. The molecule has 0 atom stereocenters. The zero-order valence-electron chi connectivity index (χ0n) is 13.3. The third kappa shape index (κ3) is 2.79. The monoisotopic (exact) mass is 324 g/mol. The van der Waals surface area contributed by atoms with E-state index in [-0.39, 0.29) is 11.4 Å². The summed E-state index contributed by atoms with van der Waals surface area (Å²) in [5.41, 5.74) is 8.85. The number of imidazole rings is 1. The van der Waals surface area contributed by atoms with Crippen molar-refractivity contribution in [1.82, 2.24) is 9.38 Å². The van der Waals surface area contributed by atoms with Crippen LogP contribution in [0.4, 0.5) is 11.4 Å². The maximum Gasteiger partial charge on any atom is 0.292 e. The minimum Gasteiger partial charge on any atom is -0.497 e. The number of nitro groups is 1. The summed E-state index contributed by atoms with van der Waals surface area (Å²) in [6.45, 7) is 1.96. The number of benzene rings is 1. The fraction of sp³-hybridized carbons (Fsp3) is 0.118. The molecule has 2 heterocycles. The van der Waals surface area contributed by atoms with Crippen molar-refractivity contribution in [3.8, 4) is 5.75 Å². The van der Waals surface area contributed by atoms with Gasteiger partial charge in [-0.1, -0.05) is 12.1 Å². The Morgan fingerprint density at radius 2 is 2.08 bits per heavy atom. The number of ether oxygens (including phenoxy) is 1. The summed E-state index contributed by atoms with van der Waals surface area (Å²) in [5.74, 6) is 0.734. The van der Waals surface area contributed by atoms with Gasteiger partial charge in [0, 0.05) is 24.0 Å². The number of hydrogen-bond acceptors (Lipinski definition) is 5. The number of anilines is 1. The molecule has 3 rings (SSSR count). The van der Waals surface area contributed by atoms with Gasteiger partial charge in [0.25, 0.3) is 5.69 Å². The second kappa shape index (κ2) is 6.04. The number of methoxy groups -OCH3 is 1. The van der Waals surface area contributed by atoms with Crippen LogP contribution in [0.1, 0.15) is 17.0 Å². The molecule has 0 saturated heterocycles. The number of rotatable bonds is 4. The van der Waals surface area contributed by atoms with Crippen LogP contribution in [0.25, 0.3) is 17.8 Å². The first-order chi connectivity index (χ1) is 11.5. The van der Waals surface area contributed by atoms with Gasteiger partial charge in [-0.05, 0) is 30.7 Å². The van der Waals surface area contributed by atoms with Crippen LogP contribution < -0.4 is 10.5 Å². The summed E-state index contributed by atoms with van der Waals surface area (Å²) in [6.07, 6.45) is 5.49. The molecule has 1 aromatic carbocycles. The van der Waals surface area contributed by atoms with Gasteiger partial charge in [0.05, 0.1) is 17.7 Å². The zero-order valence-corrected chi connectivity index (χ0v) is 13.3. The molecular formula is C17H16N4O3. The molecule has 7 nitrogen and oxygen atoms in total. The lowest BCUT2D eigenvalue weighted by atomic mass is 10.1. The highest BCUT2D eigenvalue weighted by Crippen LogP contribution is 2.24. The van der Waals surface area contributed by atoms with E-state index in [4.69, 9.17) is 10.5 Å². The van der Waals surface area contributed by atoms with E-state index in [1.54, 1.807) is 19.3 Å². The number of aryl methyl sites for hydroxylation is 1. The maximum absolute atomic E-state index is 11.0. The smallest absolute Gasteiger partial charge is 0.292 e. The van der Waals surface area contributed by atoms with Gasteiger partial charge in [0.1, 0.15) is 17.1 Å². The number of fused-ring (bicyclic) bond motifs is 1. The fourth-order valence-corrected chi connectivity index (χ4v) is 2.45. The van der Waals surface area contributed by atoms with Crippen LogP contribution in [-0.2, 0) is 0 Å². The van der Waals surface area contributed by atoms with E-state index in [1.807, 2.05) is 35.7 Å². The lowest BCUT2D eigenvalue weighted by molar-refractivity contribution is -0.383. The number of hydrogen-bond donors (Lipinski definition) is 1. The Morgan fingerprint density at radius 3 is 2.79 bits per heavy atom. The standard InChI is InChI=1S/C17H16N4O3/c1-11-15(19-17-10-13(24-2)7-8-20(11)17)6-4-12-3-5-14(18)16(9-12)21(22)23/h3-10H,18H2,1-2H3/b6-4+. The van der Waals surface area contributed by atoms with Gasteiger partial charge in [-0.2, -0.15) is 0 Å². The SMILES string of the molecule is COc1ccn2c(C)c(/C=C/c3ccc(N)c([N+](=O)[O-])c3)nc2c1. The molecule has 0 saturated carbocycles. The Labute approximate surface area is 138 Å². The molecular weight excluding hydrogens is 308 g/mol. The summed E-state index contributed by atoms with van der Waals surface area (Å²) in [4.78, 5) is 15.0. The number of nitro benzene ring substituents is 1. The number of pyridine rings is 1. The first-order valence-corrected chi connectivity index (χ1v) is 7.24. The van der Waals surface area contributed by atoms with Crippen molar-refractivity contribution in [1.29, 1.82) is 0 Å². The van der Waals surface area contributed by atoms with Gasteiger partial charge in [0.15, 0.2) is 0 Å². The fourth-order valence-electron chi connectivity index (χ4n) is 2.45. The van der Waals surface area contributed by atoms with Crippen molar-refractivity contribution in [2.45, 2.75) is 6.92 Å². The van der Waals surface area contributed by atoms with Gasteiger partial charge in [-0.15, -0.1) is 0 Å². The Bertz CT molecular complexity index is 960. The molecule has 0 spiro atoms. The molecule has 0 aliphatic rings. The van der Waals surface area contributed by atoms with E-state index in [0.717, 1.165) is 22.8 Å².